The van der Waals surface area contributed by atoms with E-state index in [-0.39, 0.29) is 11.9 Å². The van der Waals surface area contributed by atoms with Gasteiger partial charge < -0.3 is 10.2 Å². The van der Waals surface area contributed by atoms with E-state index in [9.17, 15) is 4.79 Å². The second-order valence-corrected chi connectivity index (χ2v) is 8.32. The zero-order chi connectivity index (χ0) is 21.5. The maximum atomic E-state index is 12.9. The van der Waals surface area contributed by atoms with Crippen LogP contribution < -0.4 is 10.2 Å². The monoisotopic (exact) mass is 413 g/mol. The molecule has 1 unspecified atom stereocenters. The molecule has 1 atom stereocenters. The molecule has 0 aromatic heterocycles. The maximum Gasteiger partial charge on any atom is 0.234 e. The number of benzene rings is 3. The molecule has 31 heavy (non-hydrogen) atoms. The van der Waals surface area contributed by atoms with Crippen molar-refractivity contribution in [1.82, 2.24) is 10.2 Å². The molecule has 1 aliphatic rings. The van der Waals surface area contributed by atoms with Gasteiger partial charge in [0, 0.05) is 31.9 Å². The molecule has 4 nitrogen and oxygen atoms in total. The Hall–Kier alpha value is -3.11. The largest absolute Gasteiger partial charge is 0.369 e. The van der Waals surface area contributed by atoms with E-state index in [4.69, 9.17) is 0 Å². The van der Waals surface area contributed by atoms with Crippen LogP contribution in [0, 0.1) is 6.92 Å². The van der Waals surface area contributed by atoms with Gasteiger partial charge in [0.2, 0.25) is 5.91 Å². The van der Waals surface area contributed by atoms with Crippen molar-refractivity contribution in [1.29, 1.82) is 0 Å². The number of piperazine rings is 1. The molecular weight excluding hydrogens is 382 g/mol. The lowest BCUT2D eigenvalue weighted by Crippen LogP contribution is -2.50. The van der Waals surface area contributed by atoms with Crippen LogP contribution in [0.2, 0.25) is 0 Å². The quantitative estimate of drug-likeness (QED) is 0.630. The lowest BCUT2D eigenvalue weighted by molar-refractivity contribution is -0.123. The summed E-state index contributed by atoms with van der Waals surface area (Å²) in [6.45, 7) is 6.26. The summed E-state index contributed by atoms with van der Waals surface area (Å²) in [5.74, 6) is 0.0915. The van der Waals surface area contributed by atoms with Crippen LogP contribution in [0.1, 0.15) is 22.7 Å². The molecule has 0 saturated carbocycles. The maximum absolute atomic E-state index is 12.9. The minimum Gasteiger partial charge on any atom is -0.369 e. The Labute approximate surface area is 185 Å². The Bertz CT molecular complexity index is 966. The van der Waals surface area contributed by atoms with Gasteiger partial charge in [-0.3, -0.25) is 9.69 Å². The van der Waals surface area contributed by atoms with E-state index in [0.717, 1.165) is 38.2 Å². The van der Waals surface area contributed by atoms with E-state index in [0.29, 0.717) is 6.54 Å². The lowest BCUT2D eigenvalue weighted by Gasteiger charge is -2.36. The first-order valence-corrected chi connectivity index (χ1v) is 11.1. The van der Waals surface area contributed by atoms with Crippen molar-refractivity contribution in [2.75, 3.05) is 37.6 Å². The van der Waals surface area contributed by atoms with Crippen LogP contribution >= 0.6 is 0 Å². The van der Waals surface area contributed by atoms with Crippen molar-refractivity contribution in [2.45, 2.75) is 19.4 Å². The van der Waals surface area contributed by atoms with Crippen LogP contribution in [0.3, 0.4) is 0 Å². The SMILES string of the molecule is Cc1cccc(N2CCN(CC(=O)NC(Cc3ccccc3)c3ccccc3)CC2)c1. The molecule has 1 fully saturated rings. The van der Waals surface area contributed by atoms with Crippen LogP contribution in [0.25, 0.3) is 0 Å². The van der Waals surface area contributed by atoms with E-state index in [2.05, 4.69) is 70.6 Å². The van der Waals surface area contributed by atoms with Crippen LogP contribution in [-0.2, 0) is 11.2 Å². The van der Waals surface area contributed by atoms with Crippen LogP contribution in [0.15, 0.2) is 84.9 Å². The number of nitrogens with zero attached hydrogens (tertiary/aromatic N) is 2. The summed E-state index contributed by atoms with van der Waals surface area (Å²) in [5.41, 5.74) is 4.92. The van der Waals surface area contributed by atoms with Crippen molar-refractivity contribution in [3.05, 3.63) is 102 Å². The first-order chi connectivity index (χ1) is 15.2. The molecular formula is C27H31N3O. The Kier molecular flexibility index (Phi) is 7.00. The molecule has 0 bridgehead atoms. The normalized spacial score (nSPS) is 15.5. The van der Waals surface area contributed by atoms with Crippen molar-refractivity contribution < 1.29 is 4.79 Å². The molecule has 0 radical (unpaired) electrons. The van der Waals surface area contributed by atoms with Gasteiger partial charge in [0.15, 0.2) is 0 Å². The number of nitrogens with one attached hydrogen (secondary N) is 1. The van der Waals surface area contributed by atoms with Crippen LogP contribution in [0.4, 0.5) is 5.69 Å². The highest BCUT2D eigenvalue weighted by Gasteiger charge is 2.21. The van der Waals surface area contributed by atoms with E-state index in [1.165, 1.54) is 16.8 Å². The van der Waals surface area contributed by atoms with Crippen molar-refractivity contribution in [2.24, 2.45) is 0 Å². The first kappa shape index (κ1) is 21.1. The second-order valence-electron chi connectivity index (χ2n) is 8.32. The van der Waals surface area contributed by atoms with Gasteiger partial charge in [-0.05, 0) is 42.2 Å². The predicted molar refractivity (Wildman–Crippen MR) is 127 cm³/mol. The Balaban J connectivity index is 1.34. The number of hydrogen-bond donors (Lipinski definition) is 1. The number of aryl methyl sites for hydroxylation is 1. The molecule has 0 spiro atoms. The van der Waals surface area contributed by atoms with Gasteiger partial charge in [0.05, 0.1) is 12.6 Å². The fourth-order valence-corrected chi connectivity index (χ4v) is 4.22. The van der Waals surface area contributed by atoms with Gasteiger partial charge in [-0.2, -0.15) is 0 Å². The standard InChI is InChI=1S/C27H31N3O/c1-22-9-8-14-25(19-22)30-17-15-29(16-18-30)21-27(31)28-26(24-12-6-3-7-13-24)20-23-10-4-2-5-11-23/h2-14,19,26H,15-18,20-21H2,1H3,(H,28,31). The zero-order valence-corrected chi connectivity index (χ0v) is 18.2. The molecule has 3 aromatic carbocycles. The fraction of sp³-hybridized carbons (Fsp3) is 0.296. The number of anilines is 1. The molecule has 4 heteroatoms. The third-order valence-electron chi connectivity index (χ3n) is 5.93. The van der Waals surface area contributed by atoms with E-state index >= 15 is 0 Å². The lowest BCUT2D eigenvalue weighted by atomic mass is 9.99. The van der Waals surface area contributed by atoms with Gasteiger partial charge in [0.1, 0.15) is 0 Å². The Morgan fingerprint density at radius 2 is 1.55 bits per heavy atom. The van der Waals surface area contributed by atoms with Crippen molar-refractivity contribution in [3.8, 4) is 0 Å². The third-order valence-corrected chi connectivity index (χ3v) is 5.93. The number of amides is 1. The summed E-state index contributed by atoms with van der Waals surface area (Å²) in [7, 11) is 0. The summed E-state index contributed by atoms with van der Waals surface area (Å²) < 4.78 is 0. The molecule has 1 saturated heterocycles. The minimum absolute atomic E-state index is 0.0234. The molecule has 3 aromatic rings. The number of carbonyl (C=O) groups is 1. The van der Waals surface area contributed by atoms with Crippen LogP contribution in [0.5, 0.6) is 0 Å². The Morgan fingerprint density at radius 1 is 0.871 bits per heavy atom. The number of hydrogen-bond acceptors (Lipinski definition) is 3. The second kappa shape index (κ2) is 10.3. The van der Waals surface area contributed by atoms with Gasteiger partial charge in [0.25, 0.3) is 0 Å². The highest BCUT2D eigenvalue weighted by atomic mass is 16.2. The molecule has 160 valence electrons. The van der Waals surface area contributed by atoms with Gasteiger partial charge in [-0.1, -0.05) is 72.8 Å². The summed E-state index contributed by atoms with van der Waals surface area (Å²) in [4.78, 5) is 17.6. The predicted octanol–water partition coefficient (Wildman–Crippen LogP) is 4.22. The molecule has 4 rings (SSSR count). The Morgan fingerprint density at radius 3 is 2.23 bits per heavy atom. The highest BCUT2D eigenvalue weighted by molar-refractivity contribution is 5.78. The van der Waals surface area contributed by atoms with E-state index in [1.54, 1.807) is 0 Å². The average Bonchev–Trinajstić information content (AvgIpc) is 2.80. The van der Waals surface area contributed by atoms with Crippen LogP contribution in [-0.4, -0.2) is 43.5 Å². The fourth-order valence-electron chi connectivity index (χ4n) is 4.22. The van der Waals surface area contributed by atoms with E-state index < -0.39 is 0 Å². The summed E-state index contributed by atoms with van der Waals surface area (Å²) in [5, 5.41) is 3.29. The number of rotatable bonds is 7. The summed E-state index contributed by atoms with van der Waals surface area (Å²) in [6, 6.07) is 29.2. The molecule has 1 amide bonds. The summed E-state index contributed by atoms with van der Waals surface area (Å²) in [6.07, 6.45) is 0.789. The summed E-state index contributed by atoms with van der Waals surface area (Å²) >= 11 is 0. The first-order valence-electron chi connectivity index (χ1n) is 11.1. The van der Waals surface area contributed by atoms with E-state index in [1.807, 2.05) is 36.4 Å². The molecule has 0 aliphatic carbocycles. The average molecular weight is 414 g/mol. The van der Waals surface area contributed by atoms with Crippen molar-refractivity contribution in [3.63, 3.8) is 0 Å². The minimum atomic E-state index is -0.0234. The number of carbonyl (C=O) groups excluding carboxylic acids is 1. The molecule has 1 aliphatic heterocycles. The van der Waals surface area contributed by atoms with Crippen molar-refractivity contribution >= 4 is 11.6 Å². The molecule has 1 heterocycles. The van der Waals surface area contributed by atoms with Gasteiger partial charge >= 0.3 is 0 Å². The van der Waals surface area contributed by atoms with Gasteiger partial charge in [-0.25, -0.2) is 0 Å². The smallest absolute Gasteiger partial charge is 0.234 e. The highest BCUT2D eigenvalue weighted by Crippen LogP contribution is 2.20. The molecule has 1 N–H and O–H groups in total. The third kappa shape index (κ3) is 5.96. The topological polar surface area (TPSA) is 35.6 Å². The van der Waals surface area contributed by atoms with Gasteiger partial charge in [-0.15, -0.1) is 0 Å². The zero-order valence-electron chi connectivity index (χ0n) is 18.2.